The zero-order valence-corrected chi connectivity index (χ0v) is 15.0. The number of hydrogen-bond donors (Lipinski definition) is 2. The monoisotopic (exact) mass is 374 g/mol. The lowest BCUT2D eigenvalue weighted by Crippen LogP contribution is -2.49. The van der Waals surface area contributed by atoms with Gasteiger partial charge in [0.2, 0.25) is 15.9 Å². The van der Waals surface area contributed by atoms with Crippen molar-refractivity contribution in [1.29, 1.82) is 0 Å². The Labute approximate surface area is 147 Å². The predicted octanol–water partition coefficient (Wildman–Crippen LogP) is 1.42. The van der Waals surface area contributed by atoms with E-state index in [0.29, 0.717) is 31.9 Å². The number of carbonyl (C=O) groups excluding carboxylic acids is 1. The number of aryl methyl sites for hydroxylation is 1. The Balaban J connectivity index is 2.06. The van der Waals surface area contributed by atoms with Crippen LogP contribution in [-0.2, 0) is 26.0 Å². The van der Waals surface area contributed by atoms with Crippen molar-refractivity contribution in [3.05, 3.63) is 29.8 Å². The van der Waals surface area contributed by atoms with Crippen LogP contribution in [0.1, 0.15) is 24.8 Å². The highest BCUT2D eigenvalue weighted by Gasteiger charge is 2.39. The summed E-state index contributed by atoms with van der Waals surface area (Å²) in [6, 6.07) is 6.68. The van der Waals surface area contributed by atoms with Gasteiger partial charge in [0.25, 0.3) is 0 Å². The highest BCUT2D eigenvalue weighted by molar-refractivity contribution is 7.89. The SMILES string of the molecule is NC(=O)C1(CNS(=O)(=O)c2ccc(CCCCl)cc2)CCOCC1. The van der Waals surface area contributed by atoms with E-state index in [2.05, 4.69) is 4.72 Å². The summed E-state index contributed by atoms with van der Waals surface area (Å²) in [5, 5.41) is 0. The average Bonchev–Trinajstić information content (AvgIpc) is 2.59. The van der Waals surface area contributed by atoms with Crippen molar-refractivity contribution in [2.24, 2.45) is 11.1 Å². The summed E-state index contributed by atoms with van der Waals surface area (Å²) in [7, 11) is -3.69. The molecule has 6 nitrogen and oxygen atoms in total. The minimum absolute atomic E-state index is 0.0119. The molecule has 0 spiro atoms. The van der Waals surface area contributed by atoms with Crippen molar-refractivity contribution < 1.29 is 17.9 Å². The van der Waals surface area contributed by atoms with Gasteiger partial charge in [-0.1, -0.05) is 12.1 Å². The number of amides is 1. The smallest absolute Gasteiger partial charge is 0.240 e. The van der Waals surface area contributed by atoms with Crippen LogP contribution in [0, 0.1) is 5.41 Å². The first-order chi connectivity index (χ1) is 11.4. The largest absolute Gasteiger partial charge is 0.381 e. The van der Waals surface area contributed by atoms with Crippen molar-refractivity contribution in [3.8, 4) is 0 Å². The van der Waals surface area contributed by atoms with E-state index in [0.717, 1.165) is 18.4 Å². The molecule has 1 aromatic carbocycles. The van der Waals surface area contributed by atoms with Gasteiger partial charge in [-0.15, -0.1) is 11.6 Å². The van der Waals surface area contributed by atoms with Crippen LogP contribution in [0.15, 0.2) is 29.2 Å². The van der Waals surface area contributed by atoms with Crippen molar-refractivity contribution in [2.75, 3.05) is 25.6 Å². The van der Waals surface area contributed by atoms with Gasteiger partial charge < -0.3 is 10.5 Å². The van der Waals surface area contributed by atoms with E-state index < -0.39 is 21.3 Å². The van der Waals surface area contributed by atoms with Crippen LogP contribution in [0.4, 0.5) is 0 Å². The maximum atomic E-state index is 12.4. The first kappa shape index (κ1) is 19.2. The van der Waals surface area contributed by atoms with Gasteiger partial charge in [0.15, 0.2) is 0 Å². The number of sulfonamides is 1. The van der Waals surface area contributed by atoms with E-state index in [1.54, 1.807) is 24.3 Å². The molecule has 1 heterocycles. The molecule has 1 amide bonds. The van der Waals surface area contributed by atoms with Crippen molar-refractivity contribution >= 4 is 27.5 Å². The van der Waals surface area contributed by atoms with Gasteiger partial charge in [0.05, 0.1) is 10.3 Å². The standard InChI is InChI=1S/C16H23ClN2O4S/c17-9-1-2-13-3-5-14(6-4-13)24(21,22)19-12-16(15(18)20)7-10-23-11-8-16/h3-6,19H,1-2,7-12H2,(H2,18,20). The molecule has 2 rings (SSSR count). The van der Waals surface area contributed by atoms with Gasteiger partial charge in [-0.25, -0.2) is 13.1 Å². The second kappa shape index (κ2) is 8.29. The summed E-state index contributed by atoms with van der Waals surface area (Å²) in [6.07, 6.45) is 2.49. The first-order valence-corrected chi connectivity index (χ1v) is 9.94. The third-order valence-corrected chi connectivity index (χ3v) is 6.09. The Bertz CT molecular complexity index is 655. The first-order valence-electron chi connectivity index (χ1n) is 7.92. The Morgan fingerprint density at radius 3 is 2.42 bits per heavy atom. The molecule has 0 aromatic heterocycles. The van der Waals surface area contributed by atoms with Gasteiger partial charge in [0, 0.05) is 25.6 Å². The van der Waals surface area contributed by atoms with Crippen LogP contribution >= 0.6 is 11.6 Å². The number of halogens is 1. The normalized spacial score (nSPS) is 17.5. The summed E-state index contributed by atoms with van der Waals surface area (Å²) in [5.41, 5.74) is 5.65. The minimum Gasteiger partial charge on any atom is -0.381 e. The fourth-order valence-electron chi connectivity index (χ4n) is 2.70. The maximum absolute atomic E-state index is 12.4. The molecular formula is C16H23ClN2O4S. The Kier molecular flexibility index (Phi) is 6.62. The number of nitrogens with one attached hydrogen (secondary N) is 1. The molecule has 0 saturated carbocycles. The molecule has 0 aliphatic carbocycles. The number of carbonyl (C=O) groups is 1. The highest BCUT2D eigenvalue weighted by atomic mass is 35.5. The molecule has 3 N–H and O–H groups in total. The van der Waals surface area contributed by atoms with E-state index in [1.807, 2.05) is 0 Å². The molecule has 0 unspecified atom stereocenters. The zero-order chi connectivity index (χ0) is 17.6. The molecule has 0 atom stereocenters. The van der Waals surface area contributed by atoms with Gasteiger partial charge in [-0.3, -0.25) is 4.79 Å². The van der Waals surface area contributed by atoms with E-state index in [1.165, 1.54) is 0 Å². The Morgan fingerprint density at radius 2 is 1.88 bits per heavy atom. The quantitative estimate of drug-likeness (QED) is 0.672. The average molecular weight is 375 g/mol. The molecule has 1 aliphatic heterocycles. The van der Waals surface area contributed by atoms with Crippen LogP contribution in [0.3, 0.4) is 0 Å². The molecule has 8 heteroatoms. The van der Waals surface area contributed by atoms with E-state index in [9.17, 15) is 13.2 Å². The second-order valence-electron chi connectivity index (χ2n) is 6.02. The number of hydrogen-bond acceptors (Lipinski definition) is 4. The summed E-state index contributed by atoms with van der Waals surface area (Å²) in [4.78, 5) is 12.0. The fraction of sp³-hybridized carbons (Fsp3) is 0.562. The molecule has 1 saturated heterocycles. The second-order valence-corrected chi connectivity index (χ2v) is 8.16. The van der Waals surface area contributed by atoms with Crippen molar-refractivity contribution in [2.45, 2.75) is 30.6 Å². The summed E-state index contributed by atoms with van der Waals surface area (Å²) >= 11 is 5.66. The molecule has 24 heavy (non-hydrogen) atoms. The van der Waals surface area contributed by atoms with Crippen LogP contribution in [0.25, 0.3) is 0 Å². The van der Waals surface area contributed by atoms with Crippen molar-refractivity contribution in [3.63, 3.8) is 0 Å². The van der Waals surface area contributed by atoms with Gasteiger partial charge in [0.1, 0.15) is 0 Å². The lowest BCUT2D eigenvalue weighted by Gasteiger charge is -2.34. The Hall–Kier alpha value is -1.15. The number of primary amides is 1. The maximum Gasteiger partial charge on any atom is 0.240 e. The van der Waals surface area contributed by atoms with Crippen LogP contribution in [-0.4, -0.2) is 40.0 Å². The molecule has 0 bridgehead atoms. The van der Waals surface area contributed by atoms with Crippen LogP contribution < -0.4 is 10.5 Å². The summed E-state index contributed by atoms with van der Waals surface area (Å²) < 4.78 is 32.7. The molecule has 134 valence electrons. The van der Waals surface area contributed by atoms with E-state index in [-0.39, 0.29) is 11.4 Å². The van der Waals surface area contributed by atoms with E-state index >= 15 is 0 Å². The number of ether oxygens (including phenoxy) is 1. The molecule has 1 aromatic rings. The predicted molar refractivity (Wildman–Crippen MR) is 92.4 cm³/mol. The van der Waals surface area contributed by atoms with Gasteiger partial charge in [-0.2, -0.15) is 0 Å². The number of nitrogens with two attached hydrogens (primary N) is 1. The van der Waals surface area contributed by atoms with Crippen LogP contribution in [0.2, 0.25) is 0 Å². The number of rotatable bonds is 8. The van der Waals surface area contributed by atoms with Crippen molar-refractivity contribution in [1.82, 2.24) is 4.72 Å². The minimum atomic E-state index is -3.69. The lowest BCUT2D eigenvalue weighted by atomic mass is 9.80. The molecule has 1 aliphatic rings. The summed E-state index contributed by atoms with van der Waals surface area (Å²) in [6.45, 7) is 0.794. The fourth-order valence-corrected chi connectivity index (χ4v) is 3.96. The zero-order valence-electron chi connectivity index (χ0n) is 13.5. The third kappa shape index (κ3) is 4.69. The van der Waals surface area contributed by atoms with Crippen LogP contribution in [0.5, 0.6) is 0 Å². The lowest BCUT2D eigenvalue weighted by molar-refractivity contribution is -0.132. The number of benzene rings is 1. The van der Waals surface area contributed by atoms with E-state index in [4.69, 9.17) is 22.1 Å². The van der Waals surface area contributed by atoms with Gasteiger partial charge >= 0.3 is 0 Å². The van der Waals surface area contributed by atoms with Gasteiger partial charge in [-0.05, 0) is 43.4 Å². The number of alkyl halides is 1. The topological polar surface area (TPSA) is 98.5 Å². The third-order valence-electron chi connectivity index (χ3n) is 4.41. The molecule has 0 radical (unpaired) electrons. The highest BCUT2D eigenvalue weighted by Crippen LogP contribution is 2.30. The summed E-state index contributed by atoms with van der Waals surface area (Å²) in [5.74, 6) is 0.0745. The Morgan fingerprint density at radius 1 is 1.25 bits per heavy atom. The molecule has 1 fully saturated rings. The molecular weight excluding hydrogens is 352 g/mol.